The van der Waals surface area contributed by atoms with Crippen LogP contribution < -0.4 is 10.2 Å². The number of aromatic nitrogens is 2. The molecule has 1 aromatic heterocycles. The monoisotopic (exact) mass is 433 g/mol. The Kier molecular flexibility index (Phi) is 6.50. The molecule has 0 aliphatic carbocycles. The van der Waals surface area contributed by atoms with E-state index in [4.69, 9.17) is 11.6 Å². The summed E-state index contributed by atoms with van der Waals surface area (Å²) in [5.74, 6) is 1.12. The van der Waals surface area contributed by atoms with Gasteiger partial charge in [-0.25, -0.2) is 19.2 Å². The molecule has 1 saturated heterocycles. The van der Waals surface area contributed by atoms with Gasteiger partial charge in [0, 0.05) is 60.0 Å². The van der Waals surface area contributed by atoms with Crippen molar-refractivity contribution < 1.29 is 9.18 Å². The molecule has 1 aliphatic heterocycles. The summed E-state index contributed by atoms with van der Waals surface area (Å²) >= 11 is 6.26. The van der Waals surface area contributed by atoms with Crippen LogP contribution in [0.1, 0.15) is 43.4 Å². The summed E-state index contributed by atoms with van der Waals surface area (Å²) in [4.78, 5) is 25.6. The molecule has 2 heterocycles. The third kappa shape index (κ3) is 5.19. The molecule has 0 atom stereocenters. The Morgan fingerprint density at radius 2 is 1.80 bits per heavy atom. The van der Waals surface area contributed by atoms with Gasteiger partial charge >= 0.3 is 6.03 Å². The van der Waals surface area contributed by atoms with Crippen LogP contribution in [-0.2, 0) is 6.42 Å². The standard InChI is InChI=1S/C22H29ClFN5O/c1-14-16(13-17-18(23)7-6-8-19(17)24)20(26-15(2)25-14)28-9-11-29(12-10-28)21(30)27-22(3,4)5/h6-8H,9-13H2,1-5H3,(H,27,30). The number of halogens is 2. The molecule has 3 rings (SSSR count). The Morgan fingerprint density at radius 1 is 1.13 bits per heavy atom. The number of carbonyl (C=O) groups is 1. The molecule has 6 nitrogen and oxygen atoms in total. The first-order valence-electron chi connectivity index (χ1n) is 10.1. The Morgan fingerprint density at radius 3 is 2.40 bits per heavy atom. The van der Waals surface area contributed by atoms with Crippen molar-refractivity contribution in [2.75, 3.05) is 31.1 Å². The summed E-state index contributed by atoms with van der Waals surface area (Å²) in [6, 6.07) is 4.65. The van der Waals surface area contributed by atoms with Crippen LogP contribution in [-0.4, -0.2) is 52.6 Å². The molecule has 30 heavy (non-hydrogen) atoms. The number of nitrogens with one attached hydrogen (secondary N) is 1. The normalized spacial score (nSPS) is 14.8. The smallest absolute Gasteiger partial charge is 0.317 e. The minimum Gasteiger partial charge on any atom is -0.353 e. The molecule has 0 radical (unpaired) electrons. The zero-order valence-corrected chi connectivity index (χ0v) is 19.0. The number of nitrogens with zero attached hydrogens (tertiary/aromatic N) is 4. The SMILES string of the molecule is Cc1nc(C)c(Cc2c(F)cccc2Cl)c(N2CCN(C(=O)NC(C)(C)C)CC2)n1. The van der Waals surface area contributed by atoms with Gasteiger partial charge in [0.05, 0.1) is 0 Å². The Labute approximate surface area is 182 Å². The van der Waals surface area contributed by atoms with Crippen LogP contribution in [0.25, 0.3) is 0 Å². The topological polar surface area (TPSA) is 61.4 Å². The first-order chi connectivity index (χ1) is 14.0. The third-order valence-corrected chi connectivity index (χ3v) is 5.42. The van der Waals surface area contributed by atoms with Crippen molar-refractivity contribution in [3.8, 4) is 0 Å². The van der Waals surface area contributed by atoms with E-state index < -0.39 is 0 Å². The highest BCUT2D eigenvalue weighted by atomic mass is 35.5. The number of rotatable bonds is 3. The van der Waals surface area contributed by atoms with E-state index in [1.165, 1.54) is 6.07 Å². The van der Waals surface area contributed by atoms with Crippen LogP contribution in [0.15, 0.2) is 18.2 Å². The average Bonchev–Trinajstić information content (AvgIpc) is 2.64. The Bertz CT molecular complexity index is 916. The molecule has 0 spiro atoms. The highest BCUT2D eigenvalue weighted by molar-refractivity contribution is 6.31. The van der Waals surface area contributed by atoms with E-state index in [0.717, 1.165) is 17.1 Å². The van der Waals surface area contributed by atoms with Gasteiger partial charge in [-0.2, -0.15) is 0 Å². The zero-order chi connectivity index (χ0) is 22.1. The number of aryl methyl sites for hydroxylation is 2. The van der Waals surface area contributed by atoms with Gasteiger partial charge in [0.1, 0.15) is 17.5 Å². The van der Waals surface area contributed by atoms with Crippen LogP contribution >= 0.6 is 11.6 Å². The first kappa shape index (κ1) is 22.3. The summed E-state index contributed by atoms with van der Waals surface area (Å²) < 4.78 is 14.4. The van der Waals surface area contributed by atoms with Gasteiger partial charge in [-0.05, 0) is 46.8 Å². The van der Waals surface area contributed by atoms with E-state index in [2.05, 4.69) is 20.2 Å². The summed E-state index contributed by atoms with van der Waals surface area (Å²) in [6.45, 7) is 12.1. The van der Waals surface area contributed by atoms with E-state index in [-0.39, 0.29) is 17.4 Å². The lowest BCUT2D eigenvalue weighted by Crippen LogP contribution is -2.55. The fraction of sp³-hybridized carbons (Fsp3) is 0.500. The molecule has 1 aliphatic rings. The molecule has 1 fully saturated rings. The minimum absolute atomic E-state index is 0.0597. The molecule has 1 N–H and O–H groups in total. The number of carbonyl (C=O) groups excluding carboxylic acids is 1. The average molecular weight is 434 g/mol. The Balaban J connectivity index is 1.83. The summed E-state index contributed by atoms with van der Waals surface area (Å²) in [5.41, 5.74) is 1.84. The summed E-state index contributed by atoms with van der Waals surface area (Å²) in [5, 5.41) is 3.40. The summed E-state index contributed by atoms with van der Waals surface area (Å²) in [7, 11) is 0. The van der Waals surface area contributed by atoms with Crippen molar-refractivity contribution in [1.82, 2.24) is 20.2 Å². The number of hydrogen-bond donors (Lipinski definition) is 1. The predicted octanol–water partition coefficient (Wildman–Crippen LogP) is 4.11. The maximum atomic E-state index is 14.4. The van der Waals surface area contributed by atoms with Crippen molar-refractivity contribution in [1.29, 1.82) is 0 Å². The molecular formula is C22H29ClFN5O. The number of amides is 2. The van der Waals surface area contributed by atoms with Gasteiger partial charge in [-0.15, -0.1) is 0 Å². The number of piperazine rings is 1. The quantitative estimate of drug-likeness (QED) is 0.791. The number of urea groups is 1. The minimum atomic E-state index is -0.336. The van der Waals surface area contributed by atoms with Crippen molar-refractivity contribution in [3.05, 3.63) is 51.7 Å². The largest absolute Gasteiger partial charge is 0.353 e. The van der Waals surface area contributed by atoms with E-state index in [1.54, 1.807) is 12.1 Å². The number of anilines is 1. The lowest BCUT2D eigenvalue weighted by atomic mass is 10.0. The maximum absolute atomic E-state index is 14.4. The Hall–Kier alpha value is -2.41. The van der Waals surface area contributed by atoms with Crippen LogP contribution in [0.5, 0.6) is 0 Å². The molecular weight excluding hydrogens is 405 g/mol. The van der Waals surface area contributed by atoms with Crippen LogP contribution in [0.4, 0.5) is 15.0 Å². The molecule has 8 heteroatoms. The second-order valence-corrected chi connectivity index (χ2v) is 9.10. The van der Waals surface area contributed by atoms with E-state index in [1.807, 2.05) is 39.5 Å². The zero-order valence-electron chi connectivity index (χ0n) is 18.2. The first-order valence-corrected chi connectivity index (χ1v) is 10.5. The summed E-state index contributed by atoms with van der Waals surface area (Å²) in [6.07, 6.45) is 0.317. The van der Waals surface area contributed by atoms with Gasteiger partial charge in [0.2, 0.25) is 0 Å². The van der Waals surface area contributed by atoms with E-state index >= 15 is 0 Å². The lowest BCUT2D eigenvalue weighted by Gasteiger charge is -2.37. The molecule has 0 bridgehead atoms. The molecule has 162 valence electrons. The maximum Gasteiger partial charge on any atom is 0.317 e. The van der Waals surface area contributed by atoms with E-state index in [9.17, 15) is 9.18 Å². The predicted molar refractivity (Wildman–Crippen MR) is 118 cm³/mol. The van der Waals surface area contributed by atoms with Gasteiger partial charge in [0.25, 0.3) is 0 Å². The van der Waals surface area contributed by atoms with Crippen molar-refractivity contribution in [2.45, 2.75) is 46.6 Å². The highest BCUT2D eigenvalue weighted by Crippen LogP contribution is 2.29. The third-order valence-electron chi connectivity index (χ3n) is 5.07. The van der Waals surface area contributed by atoms with Gasteiger partial charge < -0.3 is 15.1 Å². The second-order valence-electron chi connectivity index (χ2n) is 8.69. The van der Waals surface area contributed by atoms with E-state index in [0.29, 0.717) is 49.0 Å². The number of hydrogen-bond acceptors (Lipinski definition) is 4. The van der Waals surface area contributed by atoms with Gasteiger partial charge in [0.15, 0.2) is 0 Å². The van der Waals surface area contributed by atoms with Crippen molar-refractivity contribution in [2.24, 2.45) is 0 Å². The highest BCUT2D eigenvalue weighted by Gasteiger charge is 2.27. The van der Waals surface area contributed by atoms with Crippen LogP contribution in [0.2, 0.25) is 5.02 Å². The van der Waals surface area contributed by atoms with Gasteiger partial charge in [-0.1, -0.05) is 17.7 Å². The molecule has 0 saturated carbocycles. The fourth-order valence-electron chi connectivity index (χ4n) is 3.59. The molecule has 1 aromatic carbocycles. The molecule has 2 amide bonds. The lowest BCUT2D eigenvalue weighted by molar-refractivity contribution is 0.185. The van der Waals surface area contributed by atoms with Crippen LogP contribution in [0.3, 0.4) is 0 Å². The molecule has 2 aromatic rings. The fourth-order valence-corrected chi connectivity index (χ4v) is 3.82. The number of benzene rings is 1. The van der Waals surface area contributed by atoms with Crippen LogP contribution in [0, 0.1) is 19.7 Å². The second kappa shape index (κ2) is 8.76. The molecule has 0 unspecified atom stereocenters. The van der Waals surface area contributed by atoms with Crippen molar-refractivity contribution >= 4 is 23.4 Å². The van der Waals surface area contributed by atoms with Gasteiger partial charge in [-0.3, -0.25) is 0 Å². The van der Waals surface area contributed by atoms with Crippen molar-refractivity contribution in [3.63, 3.8) is 0 Å².